The van der Waals surface area contributed by atoms with Gasteiger partial charge in [0.15, 0.2) is 0 Å². The van der Waals surface area contributed by atoms with E-state index in [9.17, 15) is 18.0 Å². The first kappa shape index (κ1) is 29.2. The molecule has 1 atom stereocenters. The molecule has 38 heavy (non-hydrogen) atoms. The van der Waals surface area contributed by atoms with Crippen molar-refractivity contribution >= 4 is 39.1 Å². The van der Waals surface area contributed by atoms with E-state index in [1.165, 1.54) is 23.1 Å². The number of anilines is 1. The molecule has 3 aromatic carbocycles. The van der Waals surface area contributed by atoms with E-state index < -0.39 is 34.1 Å². The highest BCUT2D eigenvalue weighted by molar-refractivity contribution is 7.92. The molecule has 7 nitrogen and oxygen atoms in total. The summed E-state index contributed by atoms with van der Waals surface area (Å²) in [6.07, 6.45) is 0. The number of aryl methyl sites for hydroxylation is 1. The van der Waals surface area contributed by atoms with Gasteiger partial charge >= 0.3 is 0 Å². The number of halogens is 1. The van der Waals surface area contributed by atoms with Crippen LogP contribution in [0.4, 0.5) is 5.69 Å². The van der Waals surface area contributed by atoms with Gasteiger partial charge in [-0.15, -0.1) is 0 Å². The van der Waals surface area contributed by atoms with Crippen LogP contribution in [0.2, 0.25) is 5.02 Å². The van der Waals surface area contributed by atoms with Gasteiger partial charge in [-0.3, -0.25) is 13.9 Å². The van der Waals surface area contributed by atoms with Gasteiger partial charge in [0, 0.05) is 17.1 Å². The molecule has 0 heterocycles. The molecule has 1 N–H and O–H groups in total. The first-order valence-corrected chi connectivity index (χ1v) is 14.1. The Morgan fingerprint density at radius 2 is 1.53 bits per heavy atom. The van der Waals surface area contributed by atoms with Crippen LogP contribution < -0.4 is 9.62 Å². The molecule has 0 bridgehead atoms. The summed E-state index contributed by atoms with van der Waals surface area (Å²) in [5.74, 6) is -0.859. The molecule has 0 aromatic heterocycles. The SMILES string of the molecule is Cc1ccc(Cl)cc1N(CC(=O)N(Cc1ccccc1)[C@@H](C)C(=O)NC(C)(C)C)S(=O)(=O)c1ccccc1. The maximum absolute atomic E-state index is 13.9. The minimum Gasteiger partial charge on any atom is -0.350 e. The molecule has 0 aliphatic rings. The maximum atomic E-state index is 13.9. The van der Waals surface area contributed by atoms with Crippen LogP contribution >= 0.6 is 11.6 Å². The molecule has 0 saturated carbocycles. The lowest BCUT2D eigenvalue weighted by molar-refractivity contribution is -0.140. The van der Waals surface area contributed by atoms with Crippen molar-refractivity contribution in [2.45, 2.75) is 57.6 Å². The predicted octanol–water partition coefficient (Wildman–Crippen LogP) is 5.18. The third-order valence-electron chi connectivity index (χ3n) is 5.91. The number of hydrogen-bond donors (Lipinski definition) is 1. The number of amides is 2. The minimum absolute atomic E-state index is 0.0420. The number of carbonyl (C=O) groups excluding carboxylic acids is 2. The van der Waals surface area contributed by atoms with E-state index in [2.05, 4.69) is 5.32 Å². The lowest BCUT2D eigenvalue weighted by atomic mass is 10.1. The Balaban J connectivity index is 2.06. The topological polar surface area (TPSA) is 86.8 Å². The third-order valence-corrected chi connectivity index (χ3v) is 7.92. The van der Waals surface area contributed by atoms with Gasteiger partial charge in [0.25, 0.3) is 10.0 Å². The van der Waals surface area contributed by atoms with E-state index in [1.807, 2.05) is 51.1 Å². The summed E-state index contributed by atoms with van der Waals surface area (Å²) < 4.78 is 28.7. The minimum atomic E-state index is -4.14. The second kappa shape index (κ2) is 12.0. The molecule has 0 aliphatic heterocycles. The zero-order valence-corrected chi connectivity index (χ0v) is 23.9. The van der Waals surface area contributed by atoms with Crippen LogP contribution in [-0.2, 0) is 26.2 Å². The number of hydrogen-bond acceptors (Lipinski definition) is 4. The second-order valence-electron chi connectivity index (χ2n) is 10.2. The monoisotopic (exact) mass is 555 g/mol. The summed E-state index contributed by atoms with van der Waals surface area (Å²) in [5.41, 5.74) is 1.23. The molecule has 0 radical (unpaired) electrons. The van der Waals surface area contributed by atoms with Gasteiger partial charge in [0.05, 0.1) is 10.6 Å². The summed E-state index contributed by atoms with van der Waals surface area (Å²) in [4.78, 5) is 28.5. The van der Waals surface area contributed by atoms with Crippen molar-refractivity contribution in [2.75, 3.05) is 10.8 Å². The van der Waals surface area contributed by atoms with Crippen molar-refractivity contribution < 1.29 is 18.0 Å². The van der Waals surface area contributed by atoms with Crippen molar-refractivity contribution in [3.8, 4) is 0 Å². The number of nitrogens with one attached hydrogen (secondary N) is 1. The first-order valence-electron chi connectivity index (χ1n) is 12.3. The molecule has 202 valence electrons. The molecule has 0 unspecified atom stereocenters. The highest BCUT2D eigenvalue weighted by atomic mass is 35.5. The fourth-order valence-corrected chi connectivity index (χ4v) is 5.58. The standard InChI is InChI=1S/C29H34ClN3O4S/c1-21-16-17-24(30)18-26(21)33(38(36,37)25-14-10-7-11-15-25)20-27(34)32(19-23-12-8-6-9-13-23)22(2)28(35)31-29(3,4)5/h6-18,22H,19-20H2,1-5H3,(H,31,35)/t22-/m0/s1. The highest BCUT2D eigenvalue weighted by Gasteiger charge is 2.33. The first-order chi connectivity index (χ1) is 17.8. The third kappa shape index (κ3) is 7.36. The van der Waals surface area contributed by atoms with Crippen molar-refractivity contribution in [3.05, 3.63) is 95.0 Å². The molecule has 9 heteroatoms. The molecule has 3 aromatic rings. The summed E-state index contributed by atoms with van der Waals surface area (Å²) in [7, 11) is -4.14. The fourth-order valence-electron chi connectivity index (χ4n) is 3.92. The molecule has 3 rings (SSSR count). The van der Waals surface area contributed by atoms with Gasteiger partial charge in [-0.1, -0.05) is 66.2 Å². The molecule has 2 amide bonds. The Kier molecular flexibility index (Phi) is 9.22. The molecule has 0 spiro atoms. The van der Waals surface area contributed by atoms with Gasteiger partial charge in [-0.2, -0.15) is 0 Å². The van der Waals surface area contributed by atoms with Gasteiger partial charge in [-0.25, -0.2) is 8.42 Å². The van der Waals surface area contributed by atoms with Crippen LogP contribution in [0, 0.1) is 6.92 Å². The molecule has 0 saturated heterocycles. The fraction of sp³-hybridized carbons (Fsp3) is 0.310. The number of benzene rings is 3. The smallest absolute Gasteiger partial charge is 0.264 e. The number of nitrogens with zero attached hydrogens (tertiary/aromatic N) is 2. The summed E-state index contributed by atoms with van der Waals surface area (Å²) in [6, 6.07) is 21.2. The quantitative estimate of drug-likeness (QED) is 0.394. The van der Waals surface area contributed by atoms with Gasteiger partial charge in [-0.05, 0) is 70.0 Å². The number of rotatable bonds is 9. The summed E-state index contributed by atoms with van der Waals surface area (Å²) in [5, 5.41) is 3.25. The Morgan fingerprint density at radius 3 is 2.11 bits per heavy atom. The normalized spacial score (nSPS) is 12.5. The van der Waals surface area contributed by atoms with Crippen LogP contribution in [0.3, 0.4) is 0 Å². The highest BCUT2D eigenvalue weighted by Crippen LogP contribution is 2.30. The zero-order chi connectivity index (χ0) is 28.1. The van der Waals surface area contributed by atoms with Gasteiger partial charge < -0.3 is 10.2 Å². The van der Waals surface area contributed by atoms with E-state index >= 15 is 0 Å². The summed E-state index contributed by atoms with van der Waals surface area (Å²) >= 11 is 6.25. The van der Waals surface area contributed by atoms with Crippen LogP contribution in [0.15, 0.2) is 83.8 Å². The Bertz CT molecular complexity index is 1370. The van der Waals surface area contributed by atoms with E-state index in [4.69, 9.17) is 11.6 Å². The van der Waals surface area contributed by atoms with Crippen LogP contribution in [-0.4, -0.2) is 43.3 Å². The second-order valence-corrected chi connectivity index (χ2v) is 12.5. The van der Waals surface area contributed by atoms with Gasteiger partial charge in [0.1, 0.15) is 12.6 Å². The van der Waals surface area contributed by atoms with Crippen molar-refractivity contribution in [1.82, 2.24) is 10.2 Å². The number of carbonyl (C=O) groups is 2. The molecular formula is C29H34ClN3O4S. The lowest BCUT2D eigenvalue weighted by Gasteiger charge is -2.33. The predicted molar refractivity (Wildman–Crippen MR) is 152 cm³/mol. The number of sulfonamides is 1. The van der Waals surface area contributed by atoms with Gasteiger partial charge in [0.2, 0.25) is 11.8 Å². The Hall–Kier alpha value is -3.36. The Labute approximate surface area is 230 Å². The van der Waals surface area contributed by atoms with Crippen molar-refractivity contribution in [1.29, 1.82) is 0 Å². The largest absolute Gasteiger partial charge is 0.350 e. The van der Waals surface area contributed by atoms with Crippen molar-refractivity contribution in [2.24, 2.45) is 0 Å². The average Bonchev–Trinajstić information content (AvgIpc) is 2.87. The molecular weight excluding hydrogens is 522 g/mol. The lowest BCUT2D eigenvalue weighted by Crippen LogP contribution is -2.54. The van der Waals surface area contributed by atoms with E-state index in [-0.39, 0.29) is 17.3 Å². The molecule has 0 aliphatic carbocycles. The zero-order valence-electron chi connectivity index (χ0n) is 22.3. The molecule has 0 fully saturated rings. The summed E-state index contributed by atoms with van der Waals surface area (Å²) in [6.45, 7) is 8.59. The van der Waals surface area contributed by atoms with Crippen molar-refractivity contribution in [3.63, 3.8) is 0 Å². The van der Waals surface area contributed by atoms with Crippen LogP contribution in [0.5, 0.6) is 0 Å². The Morgan fingerprint density at radius 1 is 0.947 bits per heavy atom. The van der Waals surface area contributed by atoms with E-state index in [0.717, 1.165) is 9.87 Å². The maximum Gasteiger partial charge on any atom is 0.264 e. The van der Waals surface area contributed by atoms with E-state index in [1.54, 1.807) is 44.2 Å². The van der Waals surface area contributed by atoms with E-state index in [0.29, 0.717) is 16.3 Å². The van der Waals surface area contributed by atoms with Crippen LogP contribution in [0.25, 0.3) is 0 Å². The van der Waals surface area contributed by atoms with Crippen LogP contribution in [0.1, 0.15) is 38.8 Å². The average molecular weight is 556 g/mol.